The first-order valence-corrected chi connectivity index (χ1v) is 10.2. The summed E-state index contributed by atoms with van der Waals surface area (Å²) in [6.45, 7) is 0. The summed E-state index contributed by atoms with van der Waals surface area (Å²) in [5.74, 6) is 0. The number of nitrogens with zero attached hydrogens (tertiary/aromatic N) is 2. The topological polar surface area (TPSA) is 159 Å². The number of nitrogens with two attached hydrogens (primary N) is 1. The number of benzene rings is 3. The highest BCUT2D eigenvalue weighted by atomic mass is 32.2. The molecule has 3 aromatic rings. The summed E-state index contributed by atoms with van der Waals surface area (Å²) in [7, 11) is -9.48. The molecular formula is C16H13N3O6S2. The molecule has 9 nitrogen and oxygen atoms in total. The summed E-state index contributed by atoms with van der Waals surface area (Å²) >= 11 is 0. The van der Waals surface area contributed by atoms with Gasteiger partial charge >= 0.3 is 0 Å². The lowest BCUT2D eigenvalue weighted by molar-refractivity contribution is 0.481. The van der Waals surface area contributed by atoms with Gasteiger partial charge in [0, 0.05) is 16.5 Å². The predicted octanol–water partition coefficient (Wildman–Crippen LogP) is 3.33. The van der Waals surface area contributed by atoms with Crippen LogP contribution >= 0.6 is 0 Å². The largest absolute Gasteiger partial charge is 0.398 e. The number of nitrogen functional groups attached to an aromatic ring is 1. The van der Waals surface area contributed by atoms with Gasteiger partial charge in [0.25, 0.3) is 20.2 Å². The van der Waals surface area contributed by atoms with Crippen molar-refractivity contribution < 1.29 is 25.9 Å². The number of azo groups is 1. The van der Waals surface area contributed by atoms with Crippen LogP contribution in [0.5, 0.6) is 0 Å². The molecule has 27 heavy (non-hydrogen) atoms. The lowest BCUT2D eigenvalue weighted by Crippen LogP contribution is -2.03. The highest BCUT2D eigenvalue weighted by Crippen LogP contribution is 2.33. The van der Waals surface area contributed by atoms with Gasteiger partial charge in [0.2, 0.25) is 0 Å². The molecule has 0 unspecified atom stereocenters. The van der Waals surface area contributed by atoms with Crippen LogP contribution in [0.1, 0.15) is 0 Å². The van der Waals surface area contributed by atoms with Crippen LogP contribution in [0, 0.1) is 0 Å². The van der Waals surface area contributed by atoms with Crippen molar-refractivity contribution in [2.45, 2.75) is 9.79 Å². The minimum atomic E-state index is -4.82. The molecule has 0 aliphatic carbocycles. The first-order valence-electron chi connectivity index (χ1n) is 7.35. The quantitative estimate of drug-likeness (QED) is 0.339. The molecule has 0 radical (unpaired) electrons. The molecule has 0 spiro atoms. The average Bonchev–Trinajstić information content (AvgIpc) is 2.60. The summed E-state index contributed by atoms with van der Waals surface area (Å²) in [5.41, 5.74) is 6.52. The van der Waals surface area contributed by atoms with Gasteiger partial charge in [-0.15, -0.1) is 10.2 Å². The van der Waals surface area contributed by atoms with E-state index in [0.717, 1.165) is 17.5 Å². The highest BCUT2D eigenvalue weighted by Gasteiger charge is 2.20. The average molecular weight is 407 g/mol. The Morgan fingerprint density at radius 1 is 0.741 bits per heavy atom. The van der Waals surface area contributed by atoms with Crippen molar-refractivity contribution in [1.82, 2.24) is 0 Å². The Kier molecular flexibility index (Phi) is 4.70. The Bertz CT molecular complexity index is 1280. The van der Waals surface area contributed by atoms with Gasteiger partial charge in [-0.1, -0.05) is 24.3 Å². The molecule has 0 heterocycles. The molecule has 0 aliphatic heterocycles. The van der Waals surface area contributed by atoms with E-state index in [-0.39, 0.29) is 5.69 Å². The molecule has 0 aliphatic rings. The first kappa shape index (κ1) is 18.9. The molecule has 3 rings (SSSR count). The van der Waals surface area contributed by atoms with Gasteiger partial charge in [-0.25, -0.2) is 0 Å². The summed E-state index contributed by atoms with van der Waals surface area (Å²) < 4.78 is 63.9. The highest BCUT2D eigenvalue weighted by molar-refractivity contribution is 7.86. The maximum Gasteiger partial charge on any atom is 0.296 e. The third kappa shape index (κ3) is 3.95. The van der Waals surface area contributed by atoms with Crippen LogP contribution in [0.25, 0.3) is 10.8 Å². The van der Waals surface area contributed by atoms with Crippen molar-refractivity contribution in [2.75, 3.05) is 5.73 Å². The van der Waals surface area contributed by atoms with Crippen LogP contribution < -0.4 is 5.73 Å². The van der Waals surface area contributed by atoms with E-state index < -0.39 is 30.0 Å². The fraction of sp³-hybridized carbons (Fsp3) is 0. The van der Waals surface area contributed by atoms with E-state index in [1.165, 1.54) is 0 Å². The molecule has 0 fully saturated rings. The molecule has 140 valence electrons. The third-order valence-electron chi connectivity index (χ3n) is 3.71. The van der Waals surface area contributed by atoms with Crippen molar-refractivity contribution in [1.29, 1.82) is 0 Å². The first-order chi connectivity index (χ1) is 12.6. The lowest BCUT2D eigenvalue weighted by Gasteiger charge is -2.06. The van der Waals surface area contributed by atoms with E-state index in [1.807, 2.05) is 0 Å². The Balaban J connectivity index is 2.15. The number of anilines is 1. The van der Waals surface area contributed by atoms with Crippen molar-refractivity contribution in [3.05, 3.63) is 54.6 Å². The Morgan fingerprint density at radius 3 is 1.96 bits per heavy atom. The summed E-state index contributed by atoms with van der Waals surface area (Å²) in [6.07, 6.45) is 0. The van der Waals surface area contributed by atoms with Crippen LogP contribution in [0.4, 0.5) is 17.1 Å². The molecular weight excluding hydrogens is 394 g/mol. The minimum Gasteiger partial charge on any atom is -0.398 e. The van der Waals surface area contributed by atoms with E-state index in [9.17, 15) is 21.4 Å². The van der Waals surface area contributed by atoms with Gasteiger partial charge in [0.1, 0.15) is 10.6 Å². The maximum atomic E-state index is 11.6. The van der Waals surface area contributed by atoms with Gasteiger partial charge in [-0.2, -0.15) is 16.8 Å². The second-order valence-electron chi connectivity index (χ2n) is 5.50. The summed E-state index contributed by atoms with van der Waals surface area (Å²) in [5, 5.41) is 9.21. The molecule has 0 saturated carbocycles. The molecule has 11 heteroatoms. The van der Waals surface area contributed by atoms with Crippen LogP contribution in [0.15, 0.2) is 74.6 Å². The van der Waals surface area contributed by atoms with E-state index in [4.69, 9.17) is 10.3 Å². The van der Waals surface area contributed by atoms with Gasteiger partial charge < -0.3 is 5.73 Å². The van der Waals surface area contributed by atoms with E-state index in [1.54, 1.807) is 36.4 Å². The van der Waals surface area contributed by atoms with Crippen LogP contribution in [0.2, 0.25) is 0 Å². The monoisotopic (exact) mass is 407 g/mol. The van der Waals surface area contributed by atoms with E-state index in [2.05, 4.69) is 10.2 Å². The zero-order valence-corrected chi connectivity index (χ0v) is 15.1. The summed E-state index contributed by atoms with van der Waals surface area (Å²) in [4.78, 5) is -1.51. The summed E-state index contributed by atoms with van der Waals surface area (Å²) in [6, 6.07) is 12.9. The molecule has 0 amide bonds. The molecule has 0 aromatic heterocycles. The van der Waals surface area contributed by atoms with E-state index in [0.29, 0.717) is 22.8 Å². The van der Waals surface area contributed by atoms with Crippen LogP contribution in [0.3, 0.4) is 0 Å². The molecule has 4 N–H and O–H groups in total. The number of hydrogen-bond acceptors (Lipinski definition) is 7. The van der Waals surface area contributed by atoms with Gasteiger partial charge in [-0.3, -0.25) is 9.11 Å². The molecule has 0 bridgehead atoms. The fourth-order valence-corrected chi connectivity index (χ4v) is 3.68. The second kappa shape index (κ2) is 6.70. The molecule has 0 saturated heterocycles. The SMILES string of the molecule is Nc1ccc(N=Nc2ccc(S(=O)(=O)O)cc2S(=O)(=O)O)c2ccccc12. The van der Waals surface area contributed by atoms with Crippen LogP contribution in [-0.4, -0.2) is 25.9 Å². The molecule has 3 aromatic carbocycles. The van der Waals surface area contributed by atoms with Gasteiger partial charge in [0.05, 0.1) is 10.6 Å². The predicted molar refractivity (Wildman–Crippen MR) is 98.6 cm³/mol. The zero-order valence-electron chi connectivity index (χ0n) is 13.5. The Hall–Kier alpha value is -2.86. The van der Waals surface area contributed by atoms with Crippen LogP contribution in [-0.2, 0) is 20.2 Å². The van der Waals surface area contributed by atoms with Crippen molar-refractivity contribution >= 4 is 48.1 Å². The number of fused-ring (bicyclic) bond motifs is 1. The normalized spacial score (nSPS) is 12.7. The maximum absolute atomic E-state index is 11.6. The minimum absolute atomic E-state index is 0.300. The van der Waals surface area contributed by atoms with E-state index >= 15 is 0 Å². The lowest BCUT2D eigenvalue weighted by atomic mass is 10.1. The Morgan fingerprint density at radius 2 is 1.33 bits per heavy atom. The molecule has 0 atom stereocenters. The Labute approximate surface area is 154 Å². The zero-order chi connectivity index (χ0) is 19.8. The number of rotatable bonds is 4. The van der Waals surface area contributed by atoms with Crippen molar-refractivity contribution in [3.8, 4) is 0 Å². The smallest absolute Gasteiger partial charge is 0.296 e. The second-order valence-corrected chi connectivity index (χ2v) is 8.31. The van der Waals surface area contributed by atoms with Gasteiger partial charge in [0.15, 0.2) is 0 Å². The number of hydrogen-bond donors (Lipinski definition) is 3. The third-order valence-corrected chi connectivity index (χ3v) is 5.44. The fourth-order valence-electron chi connectivity index (χ4n) is 2.45. The standard InChI is InChI=1S/C16H13N3O6S2/c17-13-6-8-14(12-4-2-1-3-11(12)13)18-19-15-7-5-10(26(20,21)22)9-16(15)27(23,24)25/h1-9H,17H2,(H,20,21,22)(H,23,24,25). The van der Waals surface area contributed by atoms with Gasteiger partial charge in [-0.05, 0) is 30.3 Å². The van der Waals surface area contributed by atoms with Crippen molar-refractivity contribution in [2.24, 2.45) is 10.2 Å². The van der Waals surface area contributed by atoms with Crippen molar-refractivity contribution in [3.63, 3.8) is 0 Å².